The summed E-state index contributed by atoms with van der Waals surface area (Å²) in [5, 5.41) is 0.507. The first-order valence-corrected chi connectivity index (χ1v) is 10.6. The van der Waals surface area contributed by atoms with E-state index in [1.807, 2.05) is 19.0 Å². The molecule has 0 unspecified atom stereocenters. The smallest absolute Gasteiger partial charge is 0.314 e. The van der Waals surface area contributed by atoms with Gasteiger partial charge < -0.3 is 14.5 Å². The molecule has 2 aromatic rings. The number of piperidine rings is 1. The number of ether oxygens (including phenoxy) is 1. The molecule has 156 valence electrons. The van der Waals surface area contributed by atoms with Crippen molar-refractivity contribution in [2.45, 2.75) is 18.9 Å². The van der Waals surface area contributed by atoms with Crippen molar-refractivity contribution in [3.05, 3.63) is 44.6 Å². The highest BCUT2D eigenvalue weighted by molar-refractivity contribution is 9.10. The molecule has 1 aromatic heterocycles. The van der Waals surface area contributed by atoms with Crippen molar-refractivity contribution in [1.82, 2.24) is 19.4 Å². The predicted molar refractivity (Wildman–Crippen MR) is 118 cm³/mol. The average Bonchev–Trinajstić information content (AvgIpc) is 2.69. The Balaban J connectivity index is 2.00. The van der Waals surface area contributed by atoms with Gasteiger partial charge >= 0.3 is 5.56 Å². The van der Waals surface area contributed by atoms with Gasteiger partial charge in [-0.3, -0.25) is 14.2 Å². The standard InChI is InChI=1S/C20H24BrClN4O3/c1-4-18(27)25-7-5-13(6-8-25)26-17-12-15(22)14(21)11-16(17)23-19(20(26)28)29-10-9-24(2)3/h4,11-13H,1,5-10H2,2-3H3. The SMILES string of the molecule is C=CC(=O)N1CCC(n2c(=O)c(OCCN(C)C)nc3cc(Br)c(Cl)cc32)CC1. The number of benzene rings is 1. The second-order valence-corrected chi connectivity index (χ2v) is 8.52. The van der Waals surface area contributed by atoms with Crippen LogP contribution < -0.4 is 10.3 Å². The summed E-state index contributed by atoms with van der Waals surface area (Å²) >= 11 is 9.72. The number of hydrogen-bond acceptors (Lipinski definition) is 5. The maximum Gasteiger partial charge on any atom is 0.314 e. The van der Waals surface area contributed by atoms with E-state index in [0.717, 1.165) is 0 Å². The van der Waals surface area contributed by atoms with E-state index >= 15 is 0 Å². The van der Waals surface area contributed by atoms with Crippen LogP contribution in [0.3, 0.4) is 0 Å². The molecule has 9 heteroatoms. The Bertz CT molecular complexity index is 984. The minimum absolute atomic E-state index is 0.0738. The maximum atomic E-state index is 13.2. The van der Waals surface area contributed by atoms with Gasteiger partial charge in [0.05, 0.1) is 16.1 Å². The Morgan fingerprint density at radius 1 is 1.41 bits per heavy atom. The van der Waals surface area contributed by atoms with E-state index < -0.39 is 0 Å². The summed E-state index contributed by atoms with van der Waals surface area (Å²) in [6.07, 6.45) is 2.63. The predicted octanol–water partition coefficient (Wildman–Crippen LogP) is 3.10. The van der Waals surface area contributed by atoms with Crippen LogP contribution in [0.4, 0.5) is 0 Å². The zero-order valence-electron chi connectivity index (χ0n) is 16.5. The number of carbonyl (C=O) groups excluding carboxylic acids is 1. The topological polar surface area (TPSA) is 67.7 Å². The molecule has 0 atom stereocenters. The first kappa shape index (κ1) is 21.8. The highest BCUT2D eigenvalue weighted by Crippen LogP contribution is 2.31. The van der Waals surface area contributed by atoms with Gasteiger partial charge in [-0.25, -0.2) is 4.98 Å². The van der Waals surface area contributed by atoms with Crippen LogP contribution in [0.1, 0.15) is 18.9 Å². The molecule has 29 heavy (non-hydrogen) atoms. The molecule has 0 bridgehead atoms. The summed E-state index contributed by atoms with van der Waals surface area (Å²) in [6, 6.07) is 3.47. The van der Waals surface area contributed by atoms with Crippen molar-refractivity contribution < 1.29 is 9.53 Å². The second kappa shape index (κ2) is 9.28. The third kappa shape index (κ3) is 4.82. The van der Waals surface area contributed by atoms with Gasteiger partial charge in [0.2, 0.25) is 5.91 Å². The normalized spacial score (nSPS) is 15.1. The summed E-state index contributed by atoms with van der Waals surface area (Å²) in [4.78, 5) is 33.3. The van der Waals surface area contributed by atoms with E-state index in [9.17, 15) is 9.59 Å². The molecule has 3 rings (SSSR count). The number of fused-ring (bicyclic) bond motifs is 1. The zero-order valence-corrected chi connectivity index (χ0v) is 18.9. The number of nitrogens with zero attached hydrogens (tertiary/aromatic N) is 4. The van der Waals surface area contributed by atoms with E-state index in [1.165, 1.54) is 6.08 Å². The summed E-state index contributed by atoms with van der Waals surface area (Å²) < 4.78 is 8.15. The van der Waals surface area contributed by atoms with Crippen LogP contribution in [0, 0.1) is 0 Å². The molecule has 0 saturated carbocycles. The minimum atomic E-state index is -0.275. The number of carbonyl (C=O) groups is 1. The summed E-state index contributed by atoms with van der Waals surface area (Å²) in [7, 11) is 3.87. The third-order valence-corrected chi connectivity index (χ3v) is 6.19. The van der Waals surface area contributed by atoms with Crippen LogP contribution in [0.25, 0.3) is 11.0 Å². The average molecular weight is 484 g/mol. The van der Waals surface area contributed by atoms with Gasteiger partial charge in [0.25, 0.3) is 5.88 Å². The summed E-state index contributed by atoms with van der Waals surface area (Å²) in [5.41, 5.74) is 1.02. The molecule has 1 amide bonds. The first-order valence-electron chi connectivity index (χ1n) is 9.42. The lowest BCUT2D eigenvalue weighted by Crippen LogP contribution is -2.40. The molecule has 1 saturated heterocycles. The van der Waals surface area contributed by atoms with E-state index in [1.54, 1.807) is 21.6 Å². The van der Waals surface area contributed by atoms with Gasteiger partial charge in [0.15, 0.2) is 0 Å². The quantitative estimate of drug-likeness (QED) is 0.591. The van der Waals surface area contributed by atoms with Crippen LogP contribution in [0.5, 0.6) is 5.88 Å². The van der Waals surface area contributed by atoms with Crippen molar-refractivity contribution in [1.29, 1.82) is 0 Å². The molecule has 1 aliphatic heterocycles. The monoisotopic (exact) mass is 482 g/mol. The molecular weight excluding hydrogens is 460 g/mol. The van der Waals surface area contributed by atoms with E-state index in [0.29, 0.717) is 59.6 Å². The Morgan fingerprint density at radius 3 is 2.72 bits per heavy atom. The Hall–Kier alpha value is -1.90. The van der Waals surface area contributed by atoms with Gasteiger partial charge in [-0.1, -0.05) is 18.2 Å². The van der Waals surface area contributed by atoms with E-state index in [-0.39, 0.29) is 23.4 Å². The number of amides is 1. The van der Waals surface area contributed by atoms with Gasteiger partial charge in [0.1, 0.15) is 6.61 Å². The number of likely N-dealkylation sites (tertiary alicyclic amines) is 1. The molecule has 0 aliphatic carbocycles. The van der Waals surface area contributed by atoms with Crippen molar-refractivity contribution in [3.63, 3.8) is 0 Å². The molecule has 1 fully saturated rings. The maximum absolute atomic E-state index is 13.2. The van der Waals surface area contributed by atoms with E-state index in [2.05, 4.69) is 27.5 Å². The lowest BCUT2D eigenvalue weighted by atomic mass is 10.0. The number of hydrogen-bond donors (Lipinski definition) is 0. The van der Waals surface area contributed by atoms with E-state index in [4.69, 9.17) is 16.3 Å². The second-order valence-electron chi connectivity index (χ2n) is 7.26. The molecule has 1 aliphatic rings. The van der Waals surface area contributed by atoms with Gasteiger partial charge in [-0.15, -0.1) is 0 Å². The number of likely N-dealkylation sites (N-methyl/N-ethyl adjacent to an activating group) is 1. The summed E-state index contributed by atoms with van der Waals surface area (Å²) in [6.45, 7) is 5.70. The molecule has 0 radical (unpaired) electrons. The van der Waals surface area contributed by atoms with Gasteiger partial charge in [-0.05, 0) is 61.1 Å². The van der Waals surface area contributed by atoms with Crippen LogP contribution in [0.15, 0.2) is 34.1 Å². The van der Waals surface area contributed by atoms with Crippen molar-refractivity contribution >= 4 is 44.5 Å². The van der Waals surface area contributed by atoms with Crippen LogP contribution in [-0.4, -0.2) is 65.6 Å². The molecule has 1 aromatic carbocycles. The van der Waals surface area contributed by atoms with Crippen LogP contribution in [0.2, 0.25) is 5.02 Å². The Labute approximate surface area is 183 Å². The molecule has 0 N–H and O–H groups in total. The Kier molecular flexibility index (Phi) is 6.97. The highest BCUT2D eigenvalue weighted by Gasteiger charge is 2.26. The fraction of sp³-hybridized carbons (Fsp3) is 0.450. The molecular formula is C20H24BrClN4O3. The largest absolute Gasteiger partial charge is 0.472 e. The van der Waals surface area contributed by atoms with Crippen LogP contribution >= 0.6 is 27.5 Å². The lowest BCUT2D eigenvalue weighted by molar-refractivity contribution is -0.127. The zero-order chi connectivity index (χ0) is 21.1. The van der Waals surface area contributed by atoms with Gasteiger partial charge in [0, 0.05) is 30.1 Å². The summed E-state index contributed by atoms with van der Waals surface area (Å²) in [5.74, 6) is -0.00626. The van der Waals surface area contributed by atoms with Crippen molar-refractivity contribution in [2.75, 3.05) is 40.3 Å². The number of halogens is 2. The van der Waals surface area contributed by atoms with Gasteiger partial charge in [-0.2, -0.15) is 0 Å². The lowest BCUT2D eigenvalue weighted by Gasteiger charge is -2.33. The number of rotatable bonds is 6. The minimum Gasteiger partial charge on any atom is -0.472 e. The fourth-order valence-electron chi connectivity index (χ4n) is 3.43. The molecule has 7 nitrogen and oxygen atoms in total. The molecule has 0 spiro atoms. The van der Waals surface area contributed by atoms with Crippen molar-refractivity contribution in [3.8, 4) is 5.88 Å². The first-order chi connectivity index (χ1) is 13.8. The number of aromatic nitrogens is 2. The highest BCUT2D eigenvalue weighted by atomic mass is 79.9. The fourth-order valence-corrected chi connectivity index (χ4v) is 3.92. The van der Waals surface area contributed by atoms with Crippen molar-refractivity contribution in [2.24, 2.45) is 0 Å². The molecule has 2 heterocycles. The Morgan fingerprint density at radius 2 is 2.10 bits per heavy atom. The third-order valence-electron chi connectivity index (χ3n) is 4.99. The van der Waals surface area contributed by atoms with Crippen LogP contribution in [-0.2, 0) is 4.79 Å².